The second kappa shape index (κ2) is 9.01. The molecule has 0 amide bonds. The van der Waals surface area contributed by atoms with E-state index in [4.69, 9.17) is 14.5 Å². The Kier molecular flexibility index (Phi) is 6.37. The number of nitrogens with one attached hydrogen (secondary N) is 1. The van der Waals surface area contributed by atoms with E-state index in [0.29, 0.717) is 18.6 Å². The number of rotatable bonds is 8. The maximum absolute atomic E-state index is 6.17. The molecule has 4 rings (SSSR count). The molecule has 2 aromatic rings. The van der Waals surface area contributed by atoms with Gasteiger partial charge in [0.05, 0.1) is 19.2 Å². The van der Waals surface area contributed by atoms with Crippen molar-refractivity contribution in [2.75, 3.05) is 38.7 Å². The zero-order valence-electron chi connectivity index (χ0n) is 19.3. The van der Waals surface area contributed by atoms with Gasteiger partial charge in [-0.3, -0.25) is 4.98 Å². The van der Waals surface area contributed by atoms with Gasteiger partial charge >= 0.3 is 0 Å². The van der Waals surface area contributed by atoms with Crippen LogP contribution < -0.4 is 14.8 Å². The van der Waals surface area contributed by atoms with Crippen molar-refractivity contribution in [3.05, 3.63) is 23.4 Å². The lowest BCUT2D eigenvalue weighted by atomic mass is 10.0. The highest BCUT2D eigenvalue weighted by Gasteiger charge is 2.25. The Labute approximate surface area is 181 Å². The second-order valence-electron chi connectivity index (χ2n) is 9.64. The summed E-state index contributed by atoms with van der Waals surface area (Å²) >= 11 is 0. The highest BCUT2D eigenvalue weighted by molar-refractivity contribution is 5.96. The van der Waals surface area contributed by atoms with Gasteiger partial charge in [-0.25, -0.2) is 0 Å². The molecule has 1 aliphatic heterocycles. The van der Waals surface area contributed by atoms with Gasteiger partial charge in [0.25, 0.3) is 0 Å². The number of benzene rings is 1. The number of nitrogens with zero attached hydrogens (tertiary/aromatic N) is 2. The van der Waals surface area contributed by atoms with Crippen LogP contribution in [0, 0.1) is 11.8 Å². The van der Waals surface area contributed by atoms with Crippen LogP contribution in [0.5, 0.6) is 11.5 Å². The smallest absolute Gasteiger partial charge is 0.163 e. The Hall–Kier alpha value is -2.01. The van der Waals surface area contributed by atoms with Crippen molar-refractivity contribution >= 4 is 16.6 Å². The van der Waals surface area contributed by atoms with Gasteiger partial charge in [-0.15, -0.1) is 0 Å². The molecule has 1 aromatic heterocycles. The summed E-state index contributed by atoms with van der Waals surface area (Å²) in [5.41, 5.74) is 4.83. The zero-order valence-corrected chi connectivity index (χ0v) is 19.3. The average Bonchev–Trinajstić information content (AvgIpc) is 3.28. The van der Waals surface area contributed by atoms with Gasteiger partial charge in [0.1, 0.15) is 0 Å². The van der Waals surface area contributed by atoms with Gasteiger partial charge in [-0.1, -0.05) is 13.8 Å². The summed E-state index contributed by atoms with van der Waals surface area (Å²) in [5, 5.41) is 4.82. The van der Waals surface area contributed by atoms with E-state index in [1.807, 2.05) is 0 Å². The average molecular weight is 412 g/mol. The van der Waals surface area contributed by atoms with Crippen molar-refractivity contribution < 1.29 is 9.47 Å². The molecule has 2 aliphatic rings. The molecule has 1 aliphatic carbocycles. The van der Waals surface area contributed by atoms with Crippen molar-refractivity contribution in [2.45, 2.75) is 59.4 Å². The topological polar surface area (TPSA) is 46.6 Å². The highest BCUT2D eigenvalue weighted by Crippen LogP contribution is 2.41. The van der Waals surface area contributed by atoms with E-state index in [0.717, 1.165) is 54.1 Å². The molecule has 2 atom stereocenters. The number of methoxy groups -OCH3 is 1. The summed E-state index contributed by atoms with van der Waals surface area (Å²) in [7, 11) is 1.72. The molecule has 30 heavy (non-hydrogen) atoms. The van der Waals surface area contributed by atoms with Crippen LogP contribution in [0.2, 0.25) is 0 Å². The summed E-state index contributed by atoms with van der Waals surface area (Å²) in [5.74, 6) is 3.06. The molecule has 0 spiro atoms. The first-order chi connectivity index (χ1) is 14.4. The predicted octanol–water partition coefficient (Wildman–Crippen LogP) is 4.91. The van der Waals surface area contributed by atoms with E-state index in [1.54, 1.807) is 7.11 Å². The number of hydrogen-bond donors (Lipinski definition) is 1. The fourth-order valence-corrected chi connectivity index (χ4v) is 4.93. The third kappa shape index (κ3) is 4.51. The van der Waals surface area contributed by atoms with Crippen LogP contribution >= 0.6 is 0 Å². The van der Waals surface area contributed by atoms with Crippen molar-refractivity contribution in [1.82, 2.24) is 9.88 Å². The van der Waals surface area contributed by atoms with Crippen LogP contribution in [0.15, 0.2) is 12.1 Å². The van der Waals surface area contributed by atoms with Crippen molar-refractivity contribution in [3.63, 3.8) is 0 Å². The largest absolute Gasteiger partial charge is 0.493 e. The number of hydrogen-bond acceptors (Lipinski definition) is 5. The van der Waals surface area contributed by atoms with E-state index in [9.17, 15) is 0 Å². The lowest BCUT2D eigenvalue weighted by Gasteiger charge is -2.19. The van der Waals surface area contributed by atoms with E-state index < -0.39 is 0 Å². The lowest BCUT2D eigenvalue weighted by molar-refractivity contribution is 0.251. The number of likely N-dealkylation sites (tertiary alicyclic amines) is 1. The summed E-state index contributed by atoms with van der Waals surface area (Å²) in [6.45, 7) is 13.3. The molecular weight excluding hydrogens is 374 g/mol. The van der Waals surface area contributed by atoms with E-state index in [1.165, 1.54) is 36.5 Å². The minimum absolute atomic E-state index is 0.367. The Morgan fingerprint density at radius 3 is 2.70 bits per heavy atom. The van der Waals surface area contributed by atoms with Crippen molar-refractivity contribution in [3.8, 4) is 11.5 Å². The normalized spacial score (nSPS) is 21.4. The molecule has 1 N–H and O–H groups in total. The SMILES string of the molecule is COc1cc2c(NC(C)C)c3c(nc2cc1OCCCN1CCC(C)C1)CC(C)C3. The minimum Gasteiger partial charge on any atom is -0.493 e. The zero-order chi connectivity index (χ0) is 21.3. The predicted molar refractivity (Wildman–Crippen MR) is 124 cm³/mol. The third-order valence-electron chi connectivity index (χ3n) is 6.37. The minimum atomic E-state index is 0.367. The first kappa shape index (κ1) is 21.2. The summed E-state index contributed by atoms with van der Waals surface area (Å²) in [6.07, 6.45) is 4.49. The van der Waals surface area contributed by atoms with Crippen LogP contribution in [0.25, 0.3) is 10.9 Å². The Morgan fingerprint density at radius 2 is 2.00 bits per heavy atom. The second-order valence-corrected chi connectivity index (χ2v) is 9.64. The van der Waals surface area contributed by atoms with E-state index in [-0.39, 0.29) is 0 Å². The Morgan fingerprint density at radius 1 is 1.17 bits per heavy atom. The van der Waals surface area contributed by atoms with Gasteiger partial charge in [-0.2, -0.15) is 0 Å². The molecule has 164 valence electrons. The highest BCUT2D eigenvalue weighted by atomic mass is 16.5. The number of fused-ring (bicyclic) bond motifs is 2. The van der Waals surface area contributed by atoms with Crippen LogP contribution in [-0.4, -0.2) is 49.3 Å². The van der Waals surface area contributed by atoms with E-state index in [2.05, 4.69) is 50.0 Å². The fourth-order valence-electron chi connectivity index (χ4n) is 4.93. The fraction of sp³-hybridized carbons (Fsp3) is 0.640. The molecule has 1 saturated heterocycles. The summed E-state index contributed by atoms with van der Waals surface area (Å²) in [4.78, 5) is 7.57. The first-order valence-electron chi connectivity index (χ1n) is 11.6. The van der Waals surface area contributed by atoms with Crippen LogP contribution in [0.3, 0.4) is 0 Å². The maximum atomic E-state index is 6.17. The first-order valence-corrected chi connectivity index (χ1v) is 11.6. The van der Waals surface area contributed by atoms with Crippen LogP contribution in [0.4, 0.5) is 5.69 Å². The molecule has 0 radical (unpaired) electrons. The summed E-state index contributed by atoms with van der Waals surface area (Å²) < 4.78 is 11.9. The van der Waals surface area contributed by atoms with Gasteiger partial charge in [0.15, 0.2) is 11.5 Å². The lowest BCUT2D eigenvalue weighted by Crippen LogP contribution is -2.23. The monoisotopic (exact) mass is 411 g/mol. The number of pyridine rings is 1. The molecule has 0 saturated carbocycles. The maximum Gasteiger partial charge on any atom is 0.163 e. The standard InChI is InChI=1S/C25H37N3O2/c1-16(2)26-25-19-11-18(4)12-21(19)27-22-14-24(23(29-5)13-20(22)25)30-10-6-8-28-9-7-17(3)15-28/h13-14,16-18H,6-12,15H2,1-5H3,(H,26,27). The molecule has 5 nitrogen and oxygen atoms in total. The quantitative estimate of drug-likeness (QED) is 0.626. The number of aromatic nitrogens is 1. The van der Waals surface area contributed by atoms with Crippen LogP contribution in [-0.2, 0) is 12.8 Å². The molecule has 0 bridgehead atoms. The van der Waals surface area contributed by atoms with Gasteiger partial charge in [0, 0.05) is 42.0 Å². The summed E-state index contributed by atoms with van der Waals surface area (Å²) in [6, 6.07) is 4.54. The Bertz CT molecular complexity index is 896. The van der Waals surface area contributed by atoms with Crippen molar-refractivity contribution in [1.29, 1.82) is 0 Å². The molecule has 2 unspecified atom stereocenters. The molecular formula is C25H37N3O2. The molecule has 1 aromatic carbocycles. The van der Waals surface area contributed by atoms with Gasteiger partial charge < -0.3 is 19.7 Å². The molecule has 5 heteroatoms. The third-order valence-corrected chi connectivity index (χ3v) is 6.37. The number of ether oxygens (including phenoxy) is 2. The van der Waals surface area contributed by atoms with Gasteiger partial charge in [-0.05, 0) is 69.5 Å². The number of anilines is 1. The van der Waals surface area contributed by atoms with E-state index >= 15 is 0 Å². The van der Waals surface area contributed by atoms with Crippen molar-refractivity contribution in [2.24, 2.45) is 11.8 Å². The molecule has 1 fully saturated rings. The molecule has 2 heterocycles. The Balaban J connectivity index is 1.56. The van der Waals surface area contributed by atoms with Crippen LogP contribution in [0.1, 0.15) is 51.8 Å². The van der Waals surface area contributed by atoms with Gasteiger partial charge in [0.2, 0.25) is 0 Å².